The molecule has 0 radical (unpaired) electrons. The van der Waals surface area contributed by atoms with Gasteiger partial charge in [0.25, 0.3) is 0 Å². The summed E-state index contributed by atoms with van der Waals surface area (Å²) in [5.74, 6) is -1.06. The zero-order chi connectivity index (χ0) is 41.7. The Kier molecular flexibility index (Phi) is 16.4. The number of urea groups is 2. The molecular formula is C39H55ClN10O7S. The predicted octanol–water partition coefficient (Wildman–Crippen LogP) is 1.70. The molecule has 6 amide bonds. The molecule has 2 aromatic carbocycles. The summed E-state index contributed by atoms with van der Waals surface area (Å²) in [6, 6.07) is 11.5. The molecule has 1 unspecified atom stereocenters. The first-order chi connectivity index (χ1) is 27.9. The minimum absolute atomic E-state index is 0.00883. The molecule has 19 heteroatoms. The van der Waals surface area contributed by atoms with Gasteiger partial charge in [-0.25, -0.2) is 18.0 Å². The summed E-state index contributed by atoms with van der Waals surface area (Å²) in [4.78, 5) is 49.7. The molecule has 3 aliphatic rings. The average molecular weight is 843 g/mol. The molecule has 3 atom stereocenters. The van der Waals surface area contributed by atoms with E-state index in [-0.39, 0.29) is 55.0 Å². The number of nitrogens with two attached hydrogens (primary N) is 2. The van der Waals surface area contributed by atoms with E-state index in [0.29, 0.717) is 80.9 Å². The summed E-state index contributed by atoms with van der Waals surface area (Å²) in [5.41, 5.74) is 13.2. The molecular weight excluding hydrogens is 788 g/mol. The molecule has 58 heavy (non-hydrogen) atoms. The second kappa shape index (κ2) is 21.4. The van der Waals surface area contributed by atoms with E-state index in [2.05, 4.69) is 37.6 Å². The van der Waals surface area contributed by atoms with E-state index in [1.54, 1.807) is 30.3 Å². The molecule has 316 valence electrons. The third kappa shape index (κ3) is 12.2. The van der Waals surface area contributed by atoms with Gasteiger partial charge in [-0.1, -0.05) is 11.6 Å². The van der Waals surface area contributed by atoms with E-state index in [9.17, 15) is 32.9 Å². The van der Waals surface area contributed by atoms with E-state index < -0.39 is 33.9 Å². The average Bonchev–Trinajstić information content (AvgIpc) is 3.57. The highest BCUT2D eigenvalue weighted by Crippen LogP contribution is 2.41. The van der Waals surface area contributed by atoms with Gasteiger partial charge in [-0.3, -0.25) is 14.5 Å². The number of ether oxygens (including phenoxy) is 1. The third-order valence-electron chi connectivity index (χ3n) is 11.0. The number of hydrogen-bond donors (Lipinski definition) is 7. The molecule has 2 fully saturated rings. The van der Waals surface area contributed by atoms with Crippen molar-refractivity contribution < 1.29 is 32.3 Å². The Hall–Kier alpha value is -4.67. The molecule has 9 N–H and O–H groups in total. The molecule has 0 spiro atoms. The highest BCUT2D eigenvalue weighted by Gasteiger charge is 2.40. The quantitative estimate of drug-likeness (QED) is 0.101. The van der Waals surface area contributed by atoms with E-state index in [4.69, 9.17) is 27.8 Å². The summed E-state index contributed by atoms with van der Waals surface area (Å²) in [6.45, 7) is 5.21. The van der Waals surface area contributed by atoms with Crippen LogP contribution in [0.5, 0.6) is 5.75 Å². The summed E-state index contributed by atoms with van der Waals surface area (Å²) >= 11 is 6.42. The number of sulfonamides is 1. The maximum Gasteiger partial charge on any atom is 0.314 e. The summed E-state index contributed by atoms with van der Waals surface area (Å²) < 4.78 is 35.4. The van der Waals surface area contributed by atoms with Crippen LogP contribution >= 0.6 is 11.6 Å². The summed E-state index contributed by atoms with van der Waals surface area (Å²) in [7, 11) is -3.83. The van der Waals surface area contributed by atoms with Crippen LogP contribution in [0.1, 0.15) is 67.7 Å². The van der Waals surface area contributed by atoms with E-state index in [0.717, 1.165) is 37.3 Å². The minimum atomic E-state index is -3.83. The standard InChI is InChI=1S/C39H55ClN10O7S/c40-28-22-27(25-41)32-24-34(49-20-16-44-17-21-49)36(33(32)23-28)57-29-5-7-30(8-6-29)58(55,56)50-18-10-26(11-19-50)31(37(43)52)9-15-48-39(54)46-13-2-1-12-45-38(53)47-14-3-4-35(42)51/h5-8,22-23,26,31,34,36,44H,1-4,9-21,24H2,(H2,42,51)(H2,43,52)(H2,45,47,53)(H2,46,48,54)/t31?,34-,36-/m0/s1. The first kappa shape index (κ1) is 44.4. The smallest absolute Gasteiger partial charge is 0.314 e. The zero-order valence-electron chi connectivity index (χ0n) is 32.6. The van der Waals surface area contributed by atoms with Crippen molar-refractivity contribution in [3.8, 4) is 11.8 Å². The van der Waals surface area contributed by atoms with Gasteiger partial charge in [0.05, 0.1) is 22.6 Å². The number of piperidine rings is 1. The molecule has 0 saturated carbocycles. The SMILES string of the molecule is N#Cc1cc(Cl)cc2c1C[C@H](N1CCNCC1)[C@H]2Oc1ccc(S(=O)(=O)N2CCC(C(CCNC(=O)NCCCCNC(=O)NCCCC(N)=O)C(N)=O)CC2)cc1. The van der Waals surface area contributed by atoms with Crippen LogP contribution in [0.2, 0.25) is 5.02 Å². The first-order valence-electron chi connectivity index (χ1n) is 19.9. The lowest BCUT2D eigenvalue weighted by molar-refractivity contribution is -0.124. The number of unbranched alkanes of at least 4 members (excludes halogenated alkanes) is 1. The van der Waals surface area contributed by atoms with E-state index in [1.807, 2.05) is 6.07 Å². The number of nitriles is 1. The molecule has 2 aliphatic heterocycles. The van der Waals surface area contributed by atoms with Crippen LogP contribution < -0.4 is 42.8 Å². The second-order valence-electron chi connectivity index (χ2n) is 14.9. The third-order valence-corrected chi connectivity index (χ3v) is 13.1. The largest absolute Gasteiger partial charge is 0.484 e. The van der Waals surface area contributed by atoms with Crippen molar-refractivity contribution >= 4 is 45.5 Å². The Bertz CT molecular complexity index is 1900. The fourth-order valence-electron chi connectivity index (χ4n) is 7.94. The molecule has 2 heterocycles. The number of halogens is 1. The topological polar surface area (TPSA) is 254 Å². The molecule has 2 saturated heterocycles. The first-order valence-corrected chi connectivity index (χ1v) is 21.7. The fourth-order valence-corrected chi connectivity index (χ4v) is 9.63. The zero-order valence-corrected chi connectivity index (χ0v) is 34.2. The van der Waals surface area contributed by atoms with Gasteiger partial charge >= 0.3 is 12.1 Å². The Labute approximate surface area is 344 Å². The number of rotatable bonds is 19. The van der Waals surface area contributed by atoms with Crippen molar-refractivity contribution in [2.45, 2.75) is 68.4 Å². The number of carbonyl (C=O) groups excluding carboxylic acids is 4. The molecule has 0 bridgehead atoms. The number of nitrogens with zero attached hydrogens (tertiary/aromatic N) is 3. The number of amides is 6. The molecule has 2 aromatic rings. The van der Waals surface area contributed by atoms with Crippen molar-refractivity contribution in [3.63, 3.8) is 0 Å². The Balaban J connectivity index is 1.05. The van der Waals surface area contributed by atoms with Crippen LogP contribution in [-0.4, -0.2) is 113 Å². The Morgan fingerprint density at radius 2 is 1.50 bits per heavy atom. The van der Waals surface area contributed by atoms with E-state index in [1.165, 1.54) is 4.31 Å². The highest BCUT2D eigenvalue weighted by molar-refractivity contribution is 7.89. The van der Waals surface area contributed by atoms with Crippen LogP contribution in [0.15, 0.2) is 41.3 Å². The minimum Gasteiger partial charge on any atom is -0.484 e. The lowest BCUT2D eigenvalue weighted by atomic mass is 9.82. The van der Waals surface area contributed by atoms with Gasteiger partial charge in [0.2, 0.25) is 21.8 Å². The number of benzene rings is 2. The number of hydrogen-bond acceptors (Lipinski definition) is 10. The number of fused-ring (bicyclic) bond motifs is 1. The van der Waals surface area contributed by atoms with Crippen LogP contribution in [0.4, 0.5) is 9.59 Å². The van der Waals surface area contributed by atoms with Crippen LogP contribution in [0.25, 0.3) is 0 Å². The number of primary amides is 2. The second-order valence-corrected chi connectivity index (χ2v) is 17.3. The van der Waals surface area contributed by atoms with Gasteiger partial charge in [-0.05, 0) is 98.4 Å². The monoisotopic (exact) mass is 842 g/mol. The normalized spacial score (nSPS) is 19.3. The lowest BCUT2D eigenvalue weighted by Gasteiger charge is -2.36. The van der Waals surface area contributed by atoms with Crippen molar-refractivity contribution in [2.24, 2.45) is 23.3 Å². The summed E-state index contributed by atoms with van der Waals surface area (Å²) in [6.07, 6.45) is 3.43. The highest BCUT2D eigenvalue weighted by atomic mass is 35.5. The predicted molar refractivity (Wildman–Crippen MR) is 217 cm³/mol. The fraction of sp³-hybridized carbons (Fsp3) is 0.564. The van der Waals surface area contributed by atoms with Crippen molar-refractivity contribution in [1.29, 1.82) is 5.26 Å². The van der Waals surface area contributed by atoms with Gasteiger partial charge in [0.15, 0.2) is 0 Å². The van der Waals surface area contributed by atoms with Gasteiger partial charge < -0.3 is 42.8 Å². The van der Waals surface area contributed by atoms with Gasteiger partial charge in [0.1, 0.15) is 11.9 Å². The lowest BCUT2D eigenvalue weighted by Crippen LogP contribution is -2.50. The van der Waals surface area contributed by atoms with Crippen LogP contribution in [-0.2, 0) is 26.0 Å². The van der Waals surface area contributed by atoms with Crippen molar-refractivity contribution in [2.75, 3.05) is 65.4 Å². The Morgan fingerprint density at radius 3 is 2.09 bits per heavy atom. The van der Waals surface area contributed by atoms with Gasteiger partial charge in [0, 0.05) is 82.8 Å². The molecule has 5 rings (SSSR count). The van der Waals surface area contributed by atoms with Gasteiger partial charge in [-0.15, -0.1) is 0 Å². The Morgan fingerprint density at radius 1 is 0.897 bits per heavy atom. The molecule has 17 nitrogen and oxygen atoms in total. The van der Waals surface area contributed by atoms with Gasteiger partial charge in [-0.2, -0.15) is 9.57 Å². The van der Waals surface area contributed by atoms with Crippen LogP contribution in [0, 0.1) is 23.2 Å². The maximum absolute atomic E-state index is 13.7. The summed E-state index contributed by atoms with van der Waals surface area (Å²) in [5, 5.41) is 24.5. The number of carbonyl (C=O) groups is 4. The maximum atomic E-state index is 13.7. The number of nitrogens with one attached hydrogen (secondary N) is 5. The van der Waals surface area contributed by atoms with E-state index >= 15 is 0 Å². The van der Waals surface area contributed by atoms with Crippen LogP contribution in [0.3, 0.4) is 0 Å². The van der Waals surface area contributed by atoms with Crippen molar-refractivity contribution in [1.82, 2.24) is 35.8 Å². The molecule has 0 aromatic heterocycles. The van der Waals surface area contributed by atoms with Crippen molar-refractivity contribution in [3.05, 3.63) is 58.1 Å². The molecule has 1 aliphatic carbocycles. The number of piperazine rings is 1.